The average molecular weight is 234 g/mol. The molecule has 1 heterocycles. The van der Waals surface area contributed by atoms with Crippen molar-refractivity contribution in [3.8, 4) is 5.69 Å². The van der Waals surface area contributed by atoms with Gasteiger partial charge in [0.25, 0.3) is 0 Å². The van der Waals surface area contributed by atoms with Crippen molar-refractivity contribution in [2.75, 3.05) is 6.54 Å². The third-order valence-electron chi connectivity index (χ3n) is 2.31. The van der Waals surface area contributed by atoms with E-state index in [0.717, 1.165) is 0 Å². The second kappa shape index (κ2) is 4.84. The van der Waals surface area contributed by atoms with Crippen LogP contribution in [0.4, 0.5) is 4.39 Å². The fourth-order valence-corrected chi connectivity index (χ4v) is 1.47. The Balaban J connectivity index is 2.32. The summed E-state index contributed by atoms with van der Waals surface area (Å²) in [5.74, 6) is -0.685. The van der Waals surface area contributed by atoms with Crippen molar-refractivity contribution < 1.29 is 9.18 Å². The Morgan fingerprint density at radius 3 is 2.88 bits per heavy atom. The highest BCUT2D eigenvalue weighted by Crippen LogP contribution is 2.14. The largest absolute Gasteiger partial charge is 0.330 e. The monoisotopic (exact) mass is 234 g/mol. The van der Waals surface area contributed by atoms with Crippen LogP contribution in [0.2, 0.25) is 0 Å². The summed E-state index contributed by atoms with van der Waals surface area (Å²) in [4.78, 5) is 15.2. The second-order valence-corrected chi connectivity index (χ2v) is 3.47. The molecule has 5 nitrogen and oxygen atoms in total. The van der Waals surface area contributed by atoms with Gasteiger partial charge < -0.3 is 5.73 Å². The van der Waals surface area contributed by atoms with Gasteiger partial charge in [0.15, 0.2) is 5.78 Å². The van der Waals surface area contributed by atoms with Gasteiger partial charge >= 0.3 is 0 Å². The number of aromatic nitrogens is 3. The van der Waals surface area contributed by atoms with E-state index >= 15 is 0 Å². The highest BCUT2D eigenvalue weighted by Gasteiger charge is 2.10. The van der Waals surface area contributed by atoms with E-state index in [2.05, 4.69) is 10.1 Å². The van der Waals surface area contributed by atoms with Gasteiger partial charge in [0.05, 0.1) is 0 Å². The molecule has 2 rings (SSSR count). The summed E-state index contributed by atoms with van der Waals surface area (Å²) in [5.41, 5.74) is 5.85. The molecule has 0 bridgehead atoms. The zero-order valence-electron chi connectivity index (χ0n) is 9.01. The van der Waals surface area contributed by atoms with Crippen molar-refractivity contribution in [3.05, 3.63) is 42.2 Å². The first-order valence-corrected chi connectivity index (χ1v) is 5.10. The quantitative estimate of drug-likeness (QED) is 0.799. The topological polar surface area (TPSA) is 73.8 Å². The fourth-order valence-electron chi connectivity index (χ4n) is 1.47. The first-order valence-electron chi connectivity index (χ1n) is 5.10. The van der Waals surface area contributed by atoms with Crippen molar-refractivity contribution in [3.63, 3.8) is 0 Å². The van der Waals surface area contributed by atoms with Gasteiger partial charge in [-0.3, -0.25) is 4.79 Å². The average Bonchev–Trinajstić information content (AvgIpc) is 2.82. The molecule has 2 aromatic rings. The van der Waals surface area contributed by atoms with E-state index in [9.17, 15) is 9.18 Å². The number of carbonyl (C=O) groups is 1. The van der Waals surface area contributed by atoms with Gasteiger partial charge in [-0.2, -0.15) is 5.10 Å². The molecule has 6 heteroatoms. The zero-order chi connectivity index (χ0) is 12.3. The van der Waals surface area contributed by atoms with Crippen LogP contribution in [0, 0.1) is 5.82 Å². The molecule has 0 fully saturated rings. The first kappa shape index (κ1) is 11.4. The number of ketones is 1. The van der Waals surface area contributed by atoms with Crippen LogP contribution in [0.15, 0.2) is 30.9 Å². The molecule has 88 valence electrons. The van der Waals surface area contributed by atoms with Crippen LogP contribution in [0.1, 0.15) is 16.8 Å². The maximum Gasteiger partial charge on any atom is 0.164 e. The number of nitrogens with zero attached hydrogens (tertiary/aromatic N) is 3. The van der Waals surface area contributed by atoms with Crippen LogP contribution in [-0.4, -0.2) is 27.1 Å². The Hall–Kier alpha value is -2.08. The molecule has 0 atom stereocenters. The predicted octanol–water partition coefficient (Wildman–Crippen LogP) is 0.938. The van der Waals surface area contributed by atoms with Gasteiger partial charge in [-0.1, -0.05) is 0 Å². The number of rotatable bonds is 4. The Morgan fingerprint density at radius 1 is 1.47 bits per heavy atom. The van der Waals surface area contributed by atoms with Gasteiger partial charge in [-0.15, -0.1) is 0 Å². The molecular weight excluding hydrogens is 223 g/mol. The third-order valence-corrected chi connectivity index (χ3v) is 2.31. The van der Waals surface area contributed by atoms with Crippen molar-refractivity contribution in [1.29, 1.82) is 0 Å². The summed E-state index contributed by atoms with van der Waals surface area (Å²) in [6.07, 6.45) is 2.91. The van der Waals surface area contributed by atoms with Gasteiger partial charge in [-0.25, -0.2) is 14.1 Å². The van der Waals surface area contributed by atoms with Crippen LogP contribution in [-0.2, 0) is 0 Å². The molecule has 0 aliphatic rings. The highest BCUT2D eigenvalue weighted by atomic mass is 19.1. The van der Waals surface area contributed by atoms with Crippen LogP contribution in [0.25, 0.3) is 5.69 Å². The lowest BCUT2D eigenvalue weighted by atomic mass is 10.1. The number of halogens is 1. The van der Waals surface area contributed by atoms with Crippen molar-refractivity contribution >= 4 is 5.78 Å². The summed E-state index contributed by atoms with van der Waals surface area (Å²) < 4.78 is 15.0. The van der Waals surface area contributed by atoms with Gasteiger partial charge in [0.1, 0.15) is 24.2 Å². The lowest BCUT2D eigenvalue weighted by molar-refractivity contribution is 0.0985. The molecule has 2 N–H and O–H groups in total. The Bertz CT molecular complexity index is 524. The Labute approximate surface area is 97.1 Å². The van der Waals surface area contributed by atoms with E-state index in [-0.39, 0.29) is 24.4 Å². The minimum Gasteiger partial charge on any atom is -0.330 e. The normalized spacial score (nSPS) is 10.5. The Kier molecular flexibility index (Phi) is 3.24. The molecule has 0 saturated carbocycles. The summed E-state index contributed by atoms with van der Waals surface area (Å²) in [6.45, 7) is 0.255. The minimum atomic E-state index is -0.515. The van der Waals surface area contributed by atoms with Crippen LogP contribution >= 0.6 is 0 Å². The number of nitrogens with two attached hydrogens (primary N) is 1. The second-order valence-electron chi connectivity index (χ2n) is 3.47. The molecule has 0 spiro atoms. The zero-order valence-corrected chi connectivity index (χ0v) is 9.01. The number of hydrogen-bond acceptors (Lipinski definition) is 4. The third kappa shape index (κ3) is 2.36. The standard InChI is InChI=1S/C11H11FN4O/c12-9-5-8(11(17)3-4-13)1-2-10(9)16-7-14-6-15-16/h1-2,5-7H,3-4,13H2. The molecule has 0 unspecified atom stereocenters. The van der Waals surface area contributed by atoms with Crippen LogP contribution in [0.3, 0.4) is 0 Å². The van der Waals surface area contributed by atoms with E-state index in [1.807, 2.05) is 0 Å². The van der Waals surface area contributed by atoms with Crippen LogP contribution < -0.4 is 5.73 Å². The molecule has 1 aromatic heterocycles. The SMILES string of the molecule is NCCC(=O)c1ccc(-n2cncn2)c(F)c1. The van der Waals surface area contributed by atoms with Crippen LogP contribution in [0.5, 0.6) is 0 Å². The molecular formula is C11H11FN4O. The molecule has 0 saturated heterocycles. The maximum absolute atomic E-state index is 13.7. The Morgan fingerprint density at radius 2 is 2.29 bits per heavy atom. The highest BCUT2D eigenvalue weighted by molar-refractivity contribution is 5.96. The van der Waals surface area contributed by atoms with E-state index in [4.69, 9.17) is 5.73 Å². The van der Waals surface area contributed by atoms with Crippen molar-refractivity contribution in [1.82, 2.24) is 14.8 Å². The number of Topliss-reactive ketones (excluding diaryl/α,β-unsaturated/α-hetero) is 1. The van der Waals surface area contributed by atoms with Crippen molar-refractivity contribution in [2.45, 2.75) is 6.42 Å². The molecule has 0 aliphatic heterocycles. The van der Waals surface area contributed by atoms with Gasteiger partial charge in [-0.05, 0) is 24.7 Å². The summed E-state index contributed by atoms with van der Waals surface area (Å²) in [5, 5.41) is 3.82. The molecule has 0 radical (unpaired) electrons. The first-order chi connectivity index (χ1) is 8.22. The molecule has 0 amide bonds. The van der Waals surface area contributed by atoms with E-state index in [1.165, 1.54) is 29.5 Å². The fraction of sp³-hybridized carbons (Fsp3) is 0.182. The maximum atomic E-state index is 13.7. The van der Waals surface area contributed by atoms with Gasteiger partial charge in [0, 0.05) is 12.0 Å². The van der Waals surface area contributed by atoms with E-state index < -0.39 is 5.82 Å². The lowest BCUT2D eigenvalue weighted by Gasteiger charge is -2.04. The van der Waals surface area contributed by atoms with Gasteiger partial charge in [0.2, 0.25) is 0 Å². The predicted molar refractivity (Wildman–Crippen MR) is 59.3 cm³/mol. The summed E-state index contributed by atoms with van der Waals surface area (Å²) >= 11 is 0. The molecule has 17 heavy (non-hydrogen) atoms. The smallest absolute Gasteiger partial charge is 0.164 e. The minimum absolute atomic E-state index is 0.170. The summed E-state index contributed by atoms with van der Waals surface area (Å²) in [6, 6.07) is 4.24. The van der Waals surface area contributed by atoms with E-state index in [1.54, 1.807) is 6.07 Å². The lowest BCUT2D eigenvalue weighted by Crippen LogP contribution is -2.09. The molecule has 1 aromatic carbocycles. The summed E-state index contributed by atoms with van der Waals surface area (Å²) in [7, 11) is 0. The molecule has 0 aliphatic carbocycles. The van der Waals surface area contributed by atoms with Crippen molar-refractivity contribution in [2.24, 2.45) is 5.73 Å². The number of carbonyl (C=O) groups excluding carboxylic acids is 1. The number of benzene rings is 1. The number of hydrogen-bond donors (Lipinski definition) is 1. The van der Waals surface area contributed by atoms with E-state index in [0.29, 0.717) is 5.56 Å².